The Morgan fingerprint density at radius 1 is 1.44 bits per heavy atom. The van der Waals surface area contributed by atoms with Crippen LogP contribution in [-0.4, -0.2) is 11.6 Å². The number of carbonyl (C=O) groups excluding carboxylic acids is 1. The Hall–Kier alpha value is -1.42. The maximum atomic E-state index is 11.8. The average molecular weight is 262 g/mol. The number of carbonyl (C=O) groups is 1. The minimum absolute atomic E-state index is 0.132. The van der Waals surface area contributed by atoms with Crippen LogP contribution in [0.15, 0.2) is 34.3 Å². The van der Waals surface area contributed by atoms with Gasteiger partial charge in [0.1, 0.15) is 0 Å². The minimum Gasteiger partial charge on any atom is -0.266 e. The predicted molar refractivity (Wildman–Crippen MR) is 76.0 cm³/mol. The molecule has 0 spiro atoms. The summed E-state index contributed by atoms with van der Waals surface area (Å²) in [6.45, 7) is 6.55. The van der Waals surface area contributed by atoms with Crippen molar-refractivity contribution in [2.24, 2.45) is 10.5 Å². The quantitative estimate of drug-likeness (QED) is 0.813. The van der Waals surface area contributed by atoms with E-state index < -0.39 is 0 Å². The van der Waals surface area contributed by atoms with Gasteiger partial charge in [-0.3, -0.25) is 4.79 Å². The van der Waals surface area contributed by atoms with Crippen LogP contribution in [-0.2, 0) is 0 Å². The van der Waals surface area contributed by atoms with Crippen molar-refractivity contribution in [3.8, 4) is 0 Å². The van der Waals surface area contributed by atoms with Gasteiger partial charge in [-0.05, 0) is 42.7 Å². The lowest BCUT2D eigenvalue weighted by atomic mass is 9.77. The molecule has 0 atom stereocenters. The Morgan fingerprint density at radius 3 is 2.83 bits per heavy atom. The molecule has 3 nitrogen and oxygen atoms in total. The van der Waals surface area contributed by atoms with E-state index in [0.717, 1.165) is 18.6 Å². The van der Waals surface area contributed by atoms with E-state index in [1.807, 2.05) is 11.4 Å². The number of hydrogen-bond acceptors (Lipinski definition) is 3. The van der Waals surface area contributed by atoms with Crippen LogP contribution in [0.4, 0.5) is 0 Å². The van der Waals surface area contributed by atoms with Crippen LogP contribution in [0.3, 0.4) is 0 Å². The molecule has 96 valence electrons. The van der Waals surface area contributed by atoms with E-state index in [1.54, 1.807) is 6.07 Å². The molecular weight excluding hydrogens is 244 g/mol. The van der Waals surface area contributed by atoms with Gasteiger partial charge in [0, 0.05) is 0 Å². The summed E-state index contributed by atoms with van der Waals surface area (Å²) in [6, 6.07) is 3.66. The molecule has 0 saturated carbocycles. The molecule has 2 rings (SSSR count). The number of allylic oxidation sites excluding steroid dienone is 2. The summed E-state index contributed by atoms with van der Waals surface area (Å²) < 4.78 is 0. The summed E-state index contributed by atoms with van der Waals surface area (Å²) in [6.07, 6.45) is 4.06. The molecule has 1 aliphatic rings. The van der Waals surface area contributed by atoms with Gasteiger partial charge in [-0.2, -0.15) is 5.10 Å². The van der Waals surface area contributed by atoms with Gasteiger partial charge >= 0.3 is 0 Å². The molecule has 1 aromatic heterocycles. The van der Waals surface area contributed by atoms with Crippen molar-refractivity contribution in [3.05, 3.63) is 34.0 Å². The molecule has 1 amide bonds. The zero-order valence-electron chi connectivity index (χ0n) is 11.0. The van der Waals surface area contributed by atoms with E-state index >= 15 is 0 Å². The third kappa shape index (κ3) is 3.29. The standard InChI is InChI=1S/C14H18N2OS/c1-10-7-11(9-14(2,3)8-10)15-16-13(17)12-5-4-6-18-12/h4-7H,8-9H2,1-3H3,(H,16,17). The van der Waals surface area contributed by atoms with Crippen molar-refractivity contribution in [1.29, 1.82) is 0 Å². The number of hydrogen-bond donors (Lipinski definition) is 1. The Kier molecular flexibility index (Phi) is 3.66. The van der Waals surface area contributed by atoms with Gasteiger partial charge in [0.05, 0.1) is 10.6 Å². The van der Waals surface area contributed by atoms with Crippen molar-refractivity contribution in [2.75, 3.05) is 0 Å². The van der Waals surface area contributed by atoms with Crippen molar-refractivity contribution in [2.45, 2.75) is 33.6 Å². The fourth-order valence-electron chi connectivity index (χ4n) is 2.35. The van der Waals surface area contributed by atoms with Crippen LogP contribution in [0.5, 0.6) is 0 Å². The molecule has 0 unspecified atom stereocenters. The Bertz CT molecular complexity index is 498. The van der Waals surface area contributed by atoms with Crippen molar-refractivity contribution >= 4 is 23.0 Å². The van der Waals surface area contributed by atoms with Gasteiger partial charge < -0.3 is 0 Å². The second kappa shape index (κ2) is 5.06. The third-order valence-corrected chi connectivity index (χ3v) is 3.74. The van der Waals surface area contributed by atoms with E-state index in [9.17, 15) is 4.79 Å². The maximum Gasteiger partial charge on any atom is 0.281 e. The molecule has 0 saturated heterocycles. The first-order valence-electron chi connectivity index (χ1n) is 6.04. The number of nitrogens with one attached hydrogen (secondary N) is 1. The molecule has 0 aliphatic heterocycles. The topological polar surface area (TPSA) is 41.5 Å². The van der Waals surface area contributed by atoms with Crippen LogP contribution in [0, 0.1) is 5.41 Å². The normalized spacial score (nSPS) is 20.6. The number of amides is 1. The molecule has 1 heterocycles. The Balaban J connectivity index is 2.06. The molecule has 0 bridgehead atoms. The highest BCUT2D eigenvalue weighted by molar-refractivity contribution is 7.12. The monoisotopic (exact) mass is 262 g/mol. The van der Waals surface area contributed by atoms with Crippen molar-refractivity contribution in [1.82, 2.24) is 5.43 Å². The van der Waals surface area contributed by atoms with Crippen LogP contribution in [0.25, 0.3) is 0 Å². The van der Waals surface area contributed by atoms with Crippen LogP contribution >= 0.6 is 11.3 Å². The summed E-state index contributed by atoms with van der Waals surface area (Å²) in [5.74, 6) is -0.132. The van der Waals surface area contributed by atoms with Crippen LogP contribution in [0.2, 0.25) is 0 Å². The maximum absolute atomic E-state index is 11.8. The molecule has 1 aliphatic carbocycles. The number of nitrogens with zero attached hydrogens (tertiary/aromatic N) is 1. The molecular formula is C14H18N2OS. The summed E-state index contributed by atoms with van der Waals surface area (Å²) in [4.78, 5) is 12.5. The van der Waals surface area contributed by atoms with E-state index in [1.165, 1.54) is 16.9 Å². The Morgan fingerprint density at radius 2 is 2.22 bits per heavy atom. The van der Waals surface area contributed by atoms with Crippen molar-refractivity contribution in [3.63, 3.8) is 0 Å². The largest absolute Gasteiger partial charge is 0.281 e. The van der Waals surface area contributed by atoms with Gasteiger partial charge in [0.2, 0.25) is 0 Å². The predicted octanol–water partition coefficient (Wildman–Crippen LogP) is 3.60. The molecule has 0 radical (unpaired) electrons. The summed E-state index contributed by atoms with van der Waals surface area (Å²) in [7, 11) is 0. The molecule has 4 heteroatoms. The van der Waals surface area contributed by atoms with E-state index in [-0.39, 0.29) is 11.3 Å². The lowest BCUT2D eigenvalue weighted by Gasteiger charge is -2.29. The minimum atomic E-state index is -0.132. The first-order chi connectivity index (χ1) is 8.46. The van der Waals surface area contributed by atoms with Gasteiger partial charge in [-0.15, -0.1) is 11.3 Å². The van der Waals surface area contributed by atoms with Gasteiger partial charge in [0.15, 0.2) is 0 Å². The Labute approximate surface area is 112 Å². The second-order valence-electron chi connectivity index (χ2n) is 5.53. The van der Waals surface area contributed by atoms with Crippen LogP contribution in [0.1, 0.15) is 43.3 Å². The smallest absolute Gasteiger partial charge is 0.266 e. The van der Waals surface area contributed by atoms with E-state index in [2.05, 4.69) is 37.4 Å². The van der Waals surface area contributed by atoms with E-state index in [4.69, 9.17) is 0 Å². The first-order valence-corrected chi connectivity index (χ1v) is 6.92. The summed E-state index contributed by atoms with van der Waals surface area (Å²) in [5.41, 5.74) is 5.12. The first kappa shape index (κ1) is 13.0. The molecule has 0 fully saturated rings. The fraction of sp³-hybridized carbons (Fsp3) is 0.429. The summed E-state index contributed by atoms with van der Waals surface area (Å²) in [5, 5.41) is 6.12. The number of hydrazone groups is 1. The summed E-state index contributed by atoms with van der Waals surface area (Å²) >= 11 is 1.42. The van der Waals surface area contributed by atoms with E-state index in [0.29, 0.717) is 4.88 Å². The molecule has 1 aromatic rings. The van der Waals surface area contributed by atoms with Gasteiger partial charge in [0.25, 0.3) is 5.91 Å². The van der Waals surface area contributed by atoms with Gasteiger partial charge in [-0.1, -0.05) is 25.5 Å². The highest BCUT2D eigenvalue weighted by atomic mass is 32.1. The SMILES string of the molecule is CC1=CC(=NNC(=O)c2cccs2)CC(C)(C)C1. The lowest BCUT2D eigenvalue weighted by Crippen LogP contribution is -2.25. The molecule has 0 aromatic carbocycles. The fourth-order valence-corrected chi connectivity index (χ4v) is 2.96. The zero-order valence-corrected chi connectivity index (χ0v) is 11.8. The highest BCUT2D eigenvalue weighted by Crippen LogP contribution is 2.33. The molecule has 1 N–H and O–H groups in total. The molecule has 18 heavy (non-hydrogen) atoms. The van der Waals surface area contributed by atoms with Gasteiger partial charge in [-0.25, -0.2) is 5.43 Å². The highest BCUT2D eigenvalue weighted by Gasteiger charge is 2.24. The zero-order chi connectivity index (χ0) is 13.2. The van der Waals surface area contributed by atoms with Crippen LogP contribution < -0.4 is 5.43 Å². The second-order valence-corrected chi connectivity index (χ2v) is 6.48. The number of thiophene rings is 1. The average Bonchev–Trinajstić information content (AvgIpc) is 2.76. The third-order valence-electron chi connectivity index (χ3n) is 2.88. The van der Waals surface area contributed by atoms with Crippen molar-refractivity contribution < 1.29 is 4.79 Å². The number of rotatable bonds is 2. The lowest BCUT2D eigenvalue weighted by molar-refractivity contribution is 0.0958.